The van der Waals surface area contributed by atoms with Gasteiger partial charge in [0.2, 0.25) is 0 Å². The maximum atomic E-state index is 6.29. The second-order valence-corrected chi connectivity index (χ2v) is 5.59. The molecular formula is C11H20N4O. The first kappa shape index (κ1) is 11.5. The standard InChI is InChI=1S/C11H20N4O/c1-10(2,3)8-13-9(15(4)14-8)11(12)5-6-16-7-11/h5-7,12H2,1-4H3. The number of hydrogen-bond acceptors (Lipinski definition) is 4. The zero-order valence-corrected chi connectivity index (χ0v) is 10.4. The first-order chi connectivity index (χ1) is 7.33. The summed E-state index contributed by atoms with van der Waals surface area (Å²) in [5, 5.41) is 4.44. The molecule has 0 spiro atoms. The van der Waals surface area contributed by atoms with E-state index in [1.807, 2.05) is 7.05 Å². The highest BCUT2D eigenvalue weighted by Crippen LogP contribution is 2.28. The van der Waals surface area contributed by atoms with Crippen LogP contribution < -0.4 is 5.73 Å². The van der Waals surface area contributed by atoms with E-state index < -0.39 is 5.54 Å². The Morgan fingerprint density at radius 1 is 1.44 bits per heavy atom. The summed E-state index contributed by atoms with van der Waals surface area (Å²) >= 11 is 0. The van der Waals surface area contributed by atoms with E-state index in [4.69, 9.17) is 10.5 Å². The van der Waals surface area contributed by atoms with Gasteiger partial charge in [-0.2, -0.15) is 5.10 Å². The third-order valence-corrected chi connectivity index (χ3v) is 2.93. The highest BCUT2D eigenvalue weighted by Gasteiger charge is 2.38. The Bertz CT molecular complexity index is 385. The monoisotopic (exact) mass is 224 g/mol. The zero-order valence-electron chi connectivity index (χ0n) is 10.4. The van der Waals surface area contributed by atoms with Crippen LogP contribution in [-0.2, 0) is 22.7 Å². The fourth-order valence-electron chi connectivity index (χ4n) is 1.89. The van der Waals surface area contributed by atoms with Gasteiger partial charge in [0.05, 0.1) is 6.61 Å². The molecule has 0 saturated carbocycles. The summed E-state index contributed by atoms with van der Waals surface area (Å²) in [6.45, 7) is 7.53. The van der Waals surface area contributed by atoms with Crippen LogP contribution in [0.3, 0.4) is 0 Å². The molecule has 0 amide bonds. The minimum atomic E-state index is -0.467. The van der Waals surface area contributed by atoms with Crippen molar-refractivity contribution >= 4 is 0 Å². The Morgan fingerprint density at radius 2 is 2.12 bits per heavy atom. The molecule has 0 radical (unpaired) electrons. The fourth-order valence-corrected chi connectivity index (χ4v) is 1.89. The number of aromatic nitrogens is 3. The molecule has 2 rings (SSSR count). The van der Waals surface area contributed by atoms with E-state index in [1.165, 1.54) is 0 Å². The Hall–Kier alpha value is -0.940. The van der Waals surface area contributed by atoms with Crippen LogP contribution in [0.1, 0.15) is 38.8 Å². The number of rotatable bonds is 1. The lowest BCUT2D eigenvalue weighted by Crippen LogP contribution is -2.39. The lowest BCUT2D eigenvalue weighted by atomic mass is 9.95. The van der Waals surface area contributed by atoms with E-state index in [2.05, 4.69) is 30.9 Å². The van der Waals surface area contributed by atoms with Crippen LogP contribution in [0.4, 0.5) is 0 Å². The predicted molar refractivity (Wildman–Crippen MR) is 61.0 cm³/mol. The molecule has 90 valence electrons. The van der Waals surface area contributed by atoms with Crippen molar-refractivity contribution in [3.8, 4) is 0 Å². The molecule has 5 nitrogen and oxygen atoms in total. The van der Waals surface area contributed by atoms with Crippen LogP contribution in [0, 0.1) is 0 Å². The molecule has 1 fully saturated rings. The zero-order chi connectivity index (χ0) is 12.0. The van der Waals surface area contributed by atoms with Crippen molar-refractivity contribution in [3.63, 3.8) is 0 Å². The Morgan fingerprint density at radius 3 is 2.56 bits per heavy atom. The van der Waals surface area contributed by atoms with Crippen LogP contribution >= 0.6 is 0 Å². The number of nitrogens with zero attached hydrogens (tertiary/aromatic N) is 3. The van der Waals surface area contributed by atoms with E-state index in [-0.39, 0.29) is 5.41 Å². The van der Waals surface area contributed by atoms with Gasteiger partial charge in [-0.05, 0) is 6.42 Å². The van der Waals surface area contributed by atoms with E-state index in [1.54, 1.807) is 4.68 Å². The van der Waals surface area contributed by atoms with Gasteiger partial charge in [0, 0.05) is 19.1 Å². The number of hydrogen-bond donors (Lipinski definition) is 1. The van der Waals surface area contributed by atoms with Crippen LogP contribution in [0.5, 0.6) is 0 Å². The maximum absolute atomic E-state index is 6.29. The third kappa shape index (κ3) is 1.85. The van der Waals surface area contributed by atoms with Crippen LogP contribution in [0.25, 0.3) is 0 Å². The van der Waals surface area contributed by atoms with Crippen molar-refractivity contribution in [2.24, 2.45) is 12.8 Å². The minimum absolute atomic E-state index is 0.0498. The highest BCUT2D eigenvalue weighted by molar-refractivity contribution is 5.12. The Kier molecular flexibility index (Phi) is 2.55. The van der Waals surface area contributed by atoms with Gasteiger partial charge in [-0.15, -0.1) is 0 Å². The molecular weight excluding hydrogens is 204 g/mol. The van der Waals surface area contributed by atoms with E-state index in [9.17, 15) is 0 Å². The summed E-state index contributed by atoms with van der Waals surface area (Å²) < 4.78 is 7.15. The molecule has 1 aromatic rings. The third-order valence-electron chi connectivity index (χ3n) is 2.93. The molecule has 1 aliphatic rings. The van der Waals surface area contributed by atoms with Gasteiger partial charge in [0.1, 0.15) is 11.4 Å². The first-order valence-corrected chi connectivity index (χ1v) is 5.61. The van der Waals surface area contributed by atoms with Crippen LogP contribution in [-0.4, -0.2) is 28.0 Å². The molecule has 2 N–H and O–H groups in total. The van der Waals surface area contributed by atoms with Crippen molar-refractivity contribution in [2.45, 2.75) is 38.1 Å². The number of nitrogens with two attached hydrogens (primary N) is 1. The number of aryl methyl sites for hydroxylation is 1. The Labute approximate surface area is 96.0 Å². The van der Waals surface area contributed by atoms with Crippen LogP contribution in [0.2, 0.25) is 0 Å². The van der Waals surface area contributed by atoms with Gasteiger partial charge < -0.3 is 10.5 Å². The van der Waals surface area contributed by atoms with E-state index in [0.717, 1.165) is 18.1 Å². The van der Waals surface area contributed by atoms with Crippen molar-refractivity contribution in [2.75, 3.05) is 13.2 Å². The molecule has 0 bridgehead atoms. The van der Waals surface area contributed by atoms with Gasteiger partial charge in [-0.1, -0.05) is 20.8 Å². The molecule has 1 saturated heterocycles. The molecule has 5 heteroatoms. The lowest BCUT2D eigenvalue weighted by Gasteiger charge is -2.19. The van der Waals surface area contributed by atoms with Crippen molar-refractivity contribution in [3.05, 3.63) is 11.6 Å². The lowest BCUT2D eigenvalue weighted by molar-refractivity contribution is 0.175. The topological polar surface area (TPSA) is 66.0 Å². The second-order valence-electron chi connectivity index (χ2n) is 5.59. The van der Waals surface area contributed by atoms with Gasteiger partial charge in [-0.3, -0.25) is 4.68 Å². The van der Waals surface area contributed by atoms with E-state index in [0.29, 0.717) is 13.2 Å². The van der Waals surface area contributed by atoms with E-state index >= 15 is 0 Å². The predicted octanol–water partition coefficient (Wildman–Crippen LogP) is 0.687. The fraction of sp³-hybridized carbons (Fsp3) is 0.818. The molecule has 16 heavy (non-hydrogen) atoms. The Balaban J connectivity index is 2.39. The average molecular weight is 224 g/mol. The molecule has 1 unspecified atom stereocenters. The van der Waals surface area contributed by atoms with Gasteiger partial charge >= 0.3 is 0 Å². The van der Waals surface area contributed by atoms with Crippen molar-refractivity contribution < 1.29 is 4.74 Å². The molecule has 1 atom stereocenters. The smallest absolute Gasteiger partial charge is 0.156 e. The van der Waals surface area contributed by atoms with Crippen LogP contribution in [0.15, 0.2) is 0 Å². The largest absolute Gasteiger partial charge is 0.379 e. The van der Waals surface area contributed by atoms with Crippen molar-refractivity contribution in [1.29, 1.82) is 0 Å². The molecule has 1 aromatic heterocycles. The van der Waals surface area contributed by atoms with Gasteiger partial charge in [0.25, 0.3) is 0 Å². The summed E-state index contributed by atoms with van der Waals surface area (Å²) in [5.74, 6) is 1.66. The second kappa shape index (κ2) is 3.53. The average Bonchev–Trinajstić information content (AvgIpc) is 2.71. The molecule has 0 aromatic carbocycles. The summed E-state index contributed by atoms with van der Waals surface area (Å²) in [4.78, 5) is 4.58. The number of ether oxygens (including phenoxy) is 1. The van der Waals surface area contributed by atoms with Crippen molar-refractivity contribution in [1.82, 2.24) is 14.8 Å². The molecule has 0 aliphatic carbocycles. The first-order valence-electron chi connectivity index (χ1n) is 5.61. The maximum Gasteiger partial charge on any atom is 0.156 e. The molecule has 2 heterocycles. The minimum Gasteiger partial charge on any atom is -0.379 e. The summed E-state index contributed by atoms with van der Waals surface area (Å²) in [6, 6.07) is 0. The summed E-state index contributed by atoms with van der Waals surface area (Å²) in [6.07, 6.45) is 0.809. The highest BCUT2D eigenvalue weighted by atomic mass is 16.5. The quantitative estimate of drug-likeness (QED) is 0.762. The normalized spacial score (nSPS) is 26.3. The summed E-state index contributed by atoms with van der Waals surface area (Å²) in [5.41, 5.74) is 5.77. The SMILES string of the molecule is Cn1nc(C(C)(C)C)nc1C1(N)CCOC1. The van der Waals surface area contributed by atoms with Gasteiger partial charge in [0.15, 0.2) is 5.82 Å². The van der Waals surface area contributed by atoms with Gasteiger partial charge in [-0.25, -0.2) is 4.98 Å². The summed E-state index contributed by atoms with van der Waals surface area (Å²) in [7, 11) is 1.89. The molecule has 1 aliphatic heterocycles.